The molecule has 0 aliphatic heterocycles. The van der Waals surface area contributed by atoms with Crippen LogP contribution in [-0.4, -0.2) is 52.6 Å². The summed E-state index contributed by atoms with van der Waals surface area (Å²) in [4.78, 5) is 7.05. The zero-order chi connectivity index (χ0) is 56.1. The minimum Gasteiger partial charge on any atom is -0.554 e. The van der Waals surface area contributed by atoms with Crippen LogP contribution in [0.25, 0.3) is 79.3 Å². The van der Waals surface area contributed by atoms with Gasteiger partial charge in [0, 0.05) is 37.8 Å². The molecule has 0 unspecified atom stereocenters. The Labute approximate surface area is 486 Å². The number of methoxy groups -OCH3 is 4. The van der Waals surface area contributed by atoms with Gasteiger partial charge in [0.2, 0.25) is 0 Å². The summed E-state index contributed by atoms with van der Waals surface area (Å²) in [5.74, 6) is 1.78. The molecule has 0 N–H and O–H groups in total. The normalized spacial score (nSPS) is 10.8. The SMILES string of the molecule is COc1c[c-]c(-n2[c-][n+](-c3ccc(OC)cc3)c(-c3ccccc3)c2-c2ccccc2)cc1.COc1c[c-]c(-n2[c-][n+](-c3ccc(OC)cc3)c(-c3ccccc3)c2-c2ccccc2)cc1.FC(F)(F)c1n[n-]c(-c2ccccn2)n1.[Ir]. The zero-order valence-electron chi connectivity index (χ0n) is 44.6. The van der Waals surface area contributed by atoms with Gasteiger partial charge in [0.05, 0.1) is 68.3 Å². The summed E-state index contributed by atoms with van der Waals surface area (Å²) >= 11 is 0. The number of rotatable bonds is 13. The first-order valence-corrected chi connectivity index (χ1v) is 25.3. The topological polar surface area (TPSA) is 107 Å². The minimum absolute atomic E-state index is 0. The van der Waals surface area contributed by atoms with Gasteiger partial charge in [-0.15, -0.1) is 24.3 Å². The molecule has 0 aliphatic carbocycles. The molecular weight excluding hydrogens is 1220 g/mol. The van der Waals surface area contributed by atoms with Gasteiger partial charge in [-0.25, -0.2) is 0 Å². The molecule has 8 aromatic carbocycles. The largest absolute Gasteiger partial charge is 0.554 e. The second kappa shape index (κ2) is 26.4. The fourth-order valence-corrected chi connectivity index (χ4v) is 8.76. The summed E-state index contributed by atoms with van der Waals surface area (Å²) in [6.07, 6.45) is 4.02. The molecule has 0 saturated carbocycles. The molecule has 0 fully saturated rings. The third-order valence-corrected chi connectivity index (χ3v) is 12.7. The predicted molar refractivity (Wildman–Crippen MR) is 301 cm³/mol. The summed E-state index contributed by atoms with van der Waals surface area (Å²) in [7, 11) is 6.66. The Morgan fingerprint density at radius 2 is 0.829 bits per heavy atom. The Morgan fingerprint density at radius 1 is 0.451 bits per heavy atom. The number of aromatic nitrogens is 8. The van der Waals surface area contributed by atoms with Crippen LogP contribution in [0.4, 0.5) is 13.2 Å². The second-order valence-electron chi connectivity index (χ2n) is 17.7. The van der Waals surface area contributed by atoms with Gasteiger partial charge in [-0.2, -0.15) is 37.4 Å². The number of nitrogens with zero attached hydrogens (tertiary/aromatic N) is 8. The van der Waals surface area contributed by atoms with Crippen LogP contribution in [0, 0.1) is 24.8 Å². The molecule has 12 rings (SSSR count). The predicted octanol–water partition coefficient (Wildman–Crippen LogP) is 12.9. The molecule has 0 atom stereocenters. The van der Waals surface area contributed by atoms with Crippen molar-refractivity contribution in [3.63, 3.8) is 0 Å². The van der Waals surface area contributed by atoms with Gasteiger partial charge in [0.25, 0.3) is 12.7 Å². The first-order chi connectivity index (χ1) is 39.6. The zero-order valence-corrected chi connectivity index (χ0v) is 47.0. The van der Waals surface area contributed by atoms with Crippen molar-refractivity contribution in [2.45, 2.75) is 6.18 Å². The van der Waals surface area contributed by atoms with Crippen molar-refractivity contribution in [2.24, 2.45) is 0 Å². The van der Waals surface area contributed by atoms with E-state index in [-0.39, 0.29) is 31.6 Å². The number of hydrogen-bond acceptors (Lipinski definition) is 7. The number of benzene rings is 8. The first kappa shape index (κ1) is 56.8. The Balaban J connectivity index is 0.000000157. The molecule has 0 spiro atoms. The van der Waals surface area contributed by atoms with Gasteiger partial charge >= 0.3 is 6.18 Å². The molecule has 0 amide bonds. The number of hydrogen-bond donors (Lipinski definition) is 0. The maximum absolute atomic E-state index is 12.1. The smallest absolute Gasteiger partial charge is 0.429 e. The molecule has 12 aromatic rings. The molecule has 4 heterocycles. The van der Waals surface area contributed by atoms with E-state index in [1.54, 1.807) is 40.6 Å². The van der Waals surface area contributed by atoms with Gasteiger partial charge in [0.15, 0.2) is 0 Å². The fourth-order valence-electron chi connectivity index (χ4n) is 8.76. The summed E-state index contributed by atoms with van der Waals surface area (Å²) in [5, 5.41) is 6.25. The van der Waals surface area contributed by atoms with Crippen molar-refractivity contribution in [1.82, 2.24) is 29.3 Å². The summed E-state index contributed by atoms with van der Waals surface area (Å²) in [6.45, 7) is 0. The minimum atomic E-state index is -4.57. The van der Waals surface area contributed by atoms with Crippen LogP contribution in [0.3, 0.4) is 0 Å². The fraction of sp³-hybridized carbons (Fsp3) is 0.0758. The van der Waals surface area contributed by atoms with Crippen LogP contribution in [0.5, 0.6) is 23.0 Å². The van der Waals surface area contributed by atoms with E-state index in [2.05, 4.69) is 160 Å². The van der Waals surface area contributed by atoms with Crippen LogP contribution in [0.2, 0.25) is 0 Å². The van der Waals surface area contributed by atoms with Gasteiger partial charge in [-0.1, -0.05) is 127 Å². The Hall–Kier alpha value is -9.89. The van der Waals surface area contributed by atoms with E-state index in [9.17, 15) is 13.2 Å². The quantitative estimate of drug-likeness (QED) is 0.0830. The Kier molecular flexibility index (Phi) is 18.3. The Morgan fingerprint density at radius 3 is 1.16 bits per heavy atom. The molecule has 0 saturated heterocycles. The number of halogens is 3. The van der Waals surface area contributed by atoms with E-state index in [4.69, 9.17) is 18.9 Å². The molecule has 16 heteroatoms. The molecule has 4 aromatic heterocycles. The number of ether oxygens (including phenoxy) is 4. The van der Waals surface area contributed by atoms with Crippen LogP contribution >= 0.6 is 0 Å². The summed E-state index contributed by atoms with van der Waals surface area (Å²) in [6, 6.07) is 80.6. The van der Waals surface area contributed by atoms with E-state index in [1.165, 1.54) is 12.3 Å². The molecule has 0 aliphatic rings. The van der Waals surface area contributed by atoms with Crippen molar-refractivity contribution < 1.29 is 61.4 Å². The monoisotopic (exact) mass is 1270 g/mol. The third-order valence-electron chi connectivity index (χ3n) is 12.7. The average Bonchev–Trinajstić information content (AvgIpc) is 4.50. The van der Waals surface area contributed by atoms with Crippen molar-refractivity contribution in [3.05, 3.63) is 261 Å². The maximum Gasteiger partial charge on any atom is 0.429 e. The van der Waals surface area contributed by atoms with E-state index in [1.807, 2.05) is 109 Å². The maximum atomic E-state index is 12.1. The summed E-state index contributed by atoms with van der Waals surface area (Å²) in [5.41, 5.74) is 12.5. The summed E-state index contributed by atoms with van der Waals surface area (Å²) < 4.78 is 66.1. The molecular formula is C66H50F3IrN8O4-3. The van der Waals surface area contributed by atoms with E-state index >= 15 is 0 Å². The number of pyridine rings is 1. The molecule has 0 bridgehead atoms. The second-order valence-corrected chi connectivity index (χ2v) is 17.7. The Bertz CT molecular complexity index is 3500. The van der Waals surface area contributed by atoms with Gasteiger partial charge in [-0.05, 0) is 100 Å². The standard InChI is InChI=1S/2C29H23N2O2.C8H4F3N4.Ir/c2*1-32-26-17-13-24(14-18-26)30-21-31(25-15-19-27(33-2)20-16-25)29(23-11-7-4-8-12-23)28(30)22-9-5-3-6-10-22;9-8(10,11)7-13-6(14-15-7)5-3-1-2-4-12-5;/h2*3-15,17-20H,1-2H3;1-4H;/q3*-1;. The van der Waals surface area contributed by atoms with E-state index in [0.29, 0.717) is 0 Å². The number of alkyl halides is 3. The van der Waals surface area contributed by atoms with Crippen molar-refractivity contribution in [2.75, 3.05) is 28.4 Å². The van der Waals surface area contributed by atoms with Crippen molar-refractivity contribution in [3.8, 4) is 102 Å². The van der Waals surface area contributed by atoms with Crippen LogP contribution in [0.1, 0.15) is 5.82 Å². The van der Waals surface area contributed by atoms with Crippen LogP contribution < -0.4 is 33.2 Å². The van der Waals surface area contributed by atoms with E-state index < -0.39 is 12.0 Å². The molecule has 82 heavy (non-hydrogen) atoms. The van der Waals surface area contributed by atoms with Crippen molar-refractivity contribution in [1.29, 1.82) is 0 Å². The first-order valence-electron chi connectivity index (χ1n) is 25.3. The number of imidazole rings is 2. The third kappa shape index (κ3) is 12.9. The average molecular weight is 1270 g/mol. The molecule has 12 nitrogen and oxygen atoms in total. The van der Waals surface area contributed by atoms with Gasteiger partial charge in [-0.3, -0.25) is 19.2 Å². The van der Waals surface area contributed by atoms with Crippen LogP contribution in [0.15, 0.2) is 231 Å². The van der Waals surface area contributed by atoms with E-state index in [0.717, 1.165) is 90.8 Å². The molecule has 411 valence electrons. The van der Waals surface area contributed by atoms with Crippen LogP contribution in [-0.2, 0) is 26.3 Å². The van der Waals surface area contributed by atoms with Gasteiger partial charge < -0.3 is 38.2 Å². The van der Waals surface area contributed by atoms with Crippen molar-refractivity contribution >= 4 is 0 Å². The molecule has 1 radical (unpaired) electrons. The van der Waals surface area contributed by atoms with Gasteiger partial charge in [0.1, 0.15) is 17.3 Å².